The second-order valence-electron chi connectivity index (χ2n) is 4.18. The van der Waals surface area contributed by atoms with Crippen molar-refractivity contribution in [3.63, 3.8) is 0 Å². The fraction of sp³-hybridized carbons (Fsp3) is 0.214. The number of esters is 1. The molecule has 0 spiro atoms. The Morgan fingerprint density at radius 2 is 2.20 bits per heavy atom. The second-order valence-corrected chi connectivity index (χ2v) is 5.98. The van der Waals surface area contributed by atoms with Gasteiger partial charge in [0.1, 0.15) is 0 Å². The van der Waals surface area contributed by atoms with Crippen molar-refractivity contribution in [2.24, 2.45) is 0 Å². The zero-order valence-corrected chi connectivity index (χ0v) is 12.6. The number of ether oxygens (including phenoxy) is 1. The molecule has 0 aliphatic carbocycles. The van der Waals surface area contributed by atoms with Crippen molar-refractivity contribution in [2.45, 2.75) is 6.42 Å². The summed E-state index contributed by atoms with van der Waals surface area (Å²) < 4.78 is 5.48. The number of halogens is 1. The number of thiophene rings is 1. The number of nitrogen functional groups attached to an aromatic ring is 1. The summed E-state index contributed by atoms with van der Waals surface area (Å²) in [6.45, 7) is 0.751. The van der Waals surface area contributed by atoms with Crippen molar-refractivity contribution in [1.82, 2.24) is 0 Å². The fourth-order valence-corrected chi connectivity index (χ4v) is 2.86. The third-order valence-corrected chi connectivity index (χ3v) is 4.08. The maximum absolute atomic E-state index is 11.5. The molecule has 0 radical (unpaired) electrons. The average molecular weight is 311 g/mol. The van der Waals surface area contributed by atoms with Crippen LogP contribution in [-0.2, 0) is 11.2 Å². The van der Waals surface area contributed by atoms with Gasteiger partial charge in [-0.05, 0) is 36.8 Å². The molecule has 0 bridgehead atoms. The molecule has 20 heavy (non-hydrogen) atoms. The van der Waals surface area contributed by atoms with E-state index in [4.69, 9.17) is 17.3 Å². The van der Waals surface area contributed by atoms with Crippen LogP contribution >= 0.6 is 22.9 Å². The average Bonchev–Trinajstić information content (AvgIpc) is 2.85. The first-order valence-corrected chi connectivity index (χ1v) is 7.25. The smallest absolute Gasteiger partial charge is 0.340 e. The van der Waals surface area contributed by atoms with Crippen LogP contribution in [0.1, 0.15) is 15.2 Å². The van der Waals surface area contributed by atoms with E-state index in [1.165, 1.54) is 12.0 Å². The largest absolute Gasteiger partial charge is 0.465 e. The van der Waals surface area contributed by atoms with E-state index in [0.717, 1.165) is 23.0 Å². The monoisotopic (exact) mass is 310 g/mol. The Hall–Kier alpha value is -1.72. The van der Waals surface area contributed by atoms with Crippen molar-refractivity contribution >= 4 is 40.3 Å². The number of hydrogen-bond donors (Lipinski definition) is 2. The highest BCUT2D eigenvalue weighted by Crippen LogP contribution is 2.22. The number of carbonyl (C=O) groups is 1. The standard InChI is InChI=1S/C14H15ClN2O2S/c1-19-14(18)11-8-9(2-4-12(11)16)17-7-6-10-3-5-13(15)20-10/h2-5,8,17H,6-7,16H2,1H3. The summed E-state index contributed by atoms with van der Waals surface area (Å²) in [5, 5.41) is 3.25. The summed E-state index contributed by atoms with van der Waals surface area (Å²) >= 11 is 7.45. The highest BCUT2D eigenvalue weighted by Gasteiger charge is 2.10. The number of benzene rings is 1. The molecule has 0 fully saturated rings. The van der Waals surface area contributed by atoms with Crippen LogP contribution in [0, 0.1) is 0 Å². The van der Waals surface area contributed by atoms with E-state index in [1.807, 2.05) is 18.2 Å². The Morgan fingerprint density at radius 1 is 1.40 bits per heavy atom. The second kappa shape index (κ2) is 6.63. The molecule has 0 aliphatic rings. The minimum absolute atomic E-state index is 0.372. The lowest BCUT2D eigenvalue weighted by atomic mass is 10.1. The van der Waals surface area contributed by atoms with Crippen LogP contribution in [0.25, 0.3) is 0 Å². The van der Waals surface area contributed by atoms with E-state index < -0.39 is 5.97 Å². The van der Waals surface area contributed by atoms with E-state index in [9.17, 15) is 4.79 Å². The highest BCUT2D eigenvalue weighted by molar-refractivity contribution is 7.16. The third kappa shape index (κ3) is 3.65. The highest BCUT2D eigenvalue weighted by atomic mass is 35.5. The van der Waals surface area contributed by atoms with Gasteiger partial charge >= 0.3 is 5.97 Å². The van der Waals surface area contributed by atoms with Crippen molar-refractivity contribution in [1.29, 1.82) is 0 Å². The van der Waals surface area contributed by atoms with Gasteiger partial charge in [0.2, 0.25) is 0 Å². The molecule has 0 saturated carbocycles. The molecule has 1 aromatic heterocycles. The molecule has 3 N–H and O–H groups in total. The number of hydrogen-bond acceptors (Lipinski definition) is 5. The van der Waals surface area contributed by atoms with E-state index >= 15 is 0 Å². The molecule has 0 saturated heterocycles. The van der Waals surface area contributed by atoms with Crippen LogP contribution < -0.4 is 11.1 Å². The first-order chi connectivity index (χ1) is 9.60. The normalized spacial score (nSPS) is 10.3. The van der Waals surface area contributed by atoms with Gasteiger partial charge in [0.25, 0.3) is 0 Å². The molecule has 0 amide bonds. The van der Waals surface area contributed by atoms with Gasteiger partial charge in [0, 0.05) is 22.8 Å². The molecule has 4 nitrogen and oxygen atoms in total. The number of nitrogens with one attached hydrogen (secondary N) is 1. The molecule has 6 heteroatoms. The van der Waals surface area contributed by atoms with Gasteiger partial charge in [-0.2, -0.15) is 0 Å². The van der Waals surface area contributed by atoms with Crippen LogP contribution in [0.5, 0.6) is 0 Å². The van der Waals surface area contributed by atoms with Crippen LogP contribution in [0.2, 0.25) is 4.34 Å². The summed E-state index contributed by atoms with van der Waals surface area (Å²) in [7, 11) is 1.34. The molecule has 0 atom stereocenters. The van der Waals surface area contributed by atoms with Gasteiger partial charge in [-0.1, -0.05) is 11.6 Å². The molecular weight excluding hydrogens is 296 g/mol. The Bertz CT molecular complexity index is 613. The number of nitrogens with two attached hydrogens (primary N) is 1. The van der Waals surface area contributed by atoms with Gasteiger partial charge in [0.15, 0.2) is 0 Å². The zero-order chi connectivity index (χ0) is 14.5. The first kappa shape index (κ1) is 14.7. The zero-order valence-electron chi connectivity index (χ0n) is 11.0. The van der Waals surface area contributed by atoms with Crippen LogP contribution in [0.4, 0.5) is 11.4 Å². The van der Waals surface area contributed by atoms with Crippen molar-refractivity contribution in [3.8, 4) is 0 Å². The van der Waals surface area contributed by atoms with Crippen molar-refractivity contribution in [3.05, 3.63) is 45.1 Å². The minimum atomic E-state index is -0.434. The third-order valence-electron chi connectivity index (χ3n) is 2.79. The lowest BCUT2D eigenvalue weighted by Gasteiger charge is -2.09. The molecule has 106 valence electrons. The summed E-state index contributed by atoms with van der Waals surface area (Å²) in [4.78, 5) is 12.8. The van der Waals surface area contributed by atoms with Gasteiger partial charge in [0.05, 0.1) is 17.0 Å². The maximum Gasteiger partial charge on any atom is 0.340 e. The quantitative estimate of drug-likeness (QED) is 0.656. The van der Waals surface area contributed by atoms with Gasteiger partial charge < -0.3 is 15.8 Å². The number of carbonyl (C=O) groups excluding carboxylic acids is 1. The van der Waals surface area contributed by atoms with E-state index in [2.05, 4.69) is 10.1 Å². The van der Waals surface area contributed by atoms with E-state index in [-0.39, 0.29) is 0 Å². The maximum atomic E-state index is 11.5. The molecule has 2 aromatic rings. The van der Waals surface area contributed by atoms with Crippen LogP contribution in [0.15, 0.2) is 30.3 Å². The summed E-state index contributed by atoms with van der Waals surface area (Å²) in [6, 6.07) is 9.13. The molecule has 1 heterocycles. The summed E-state index contributed by atoms with van der Waals surface area (Å²) in [6.07, 6.45) is 0.870. The predicted octanol–water partition coefficient (Wildman–Crippen LogP) is 3.42. The van der Waals surface area contributed by atoms with E-state index in [1.54, 1.807) is 23.5 Å². The van der Waals surface area contributed by atoms with Crippen LogP contribution in [0.3, 0.4) is 0 Å². The lowest BCUT2D eigenvalue weighted by molar-refractivity contribution is 0.0602. The molecule has 0 unspecified atom stereocenters. The van der Waals surface area contributed by atoms with Crippen molar-refractivity contribution in [2.75, 3.05) is 24.7 Å². The Labute approximate surface area is 126 Å². The number of methoxy groups -OCH3 is 1. The van der Waals surface area contributed by atoms with Gasteiger partial charge in [-0.3, -0.25) is 0 Å². The number of anilines is 2. The summed E-state index contributed by atoms with van der Waals surface area (Å²) in [5.41, 5.74) is 7.36. The lowest BCUT2D eigenvalue weighted by Crippen LogP contribution is -2.08. The number of rotatable bonds is 5. The Balaban J connectivity index is 1.97. The van der Waals surface area contributed by atoms with Gasteiger partial charge in [-0.15, -0.1) is 11.3 Å². The molecule has 2 rings (SSSR count). The van der Waals surface area contributed by atoms with Crippen LogP contribution in [-0.4, -0.2) is 19.6 Å². The topological polar surface area (TPSA) is 64.3 Å². The van der Waals surface area contributed by atoms with Crippen molar-refractivity contribution < 1.29 is 9.53 Å². The molecule has 1 aromatic carbocycles. The predicted molar refractivity (Wildman–Crippen MR) is 83.7 cm³/mol. The SMILES string of the molecule is COC(=O)c1cc(NCCc2ccc(Cl)s2)ccc1N. The molecular formula is C14H15ClN2O2S. The Morgan fingerprint density at radius 3 is 2.85 bits per heavy atom. The molecule has 0 aliphatic heterocycles. The minimum Gasteiger partial charge on any atom is -0.465 e. The van der Waals surface area contributed by atoms with Gasteiger partial charge in [-0.25, -0.2) is 4.79 Å². The Kier molecular flexibility index (Phi) is 4.87. The van der Waals surface area contributed by atoms with E-state index in [0.29, 0.717) is 11.3 Å². The summed E-state index contributed by atoms with van der Waals surface area (Å²) in [5.74, 6) is -0.434. The first-order valence-electron chi connectivity index (χ1n) is 6.06. The fourth-order valence-electron chi connectivity index (χ4n) is 1.77.